The minimum Gasteiger partial charge on any atom is -0.480 e. The van der Waals surface area contributed by atoms with Crippen LogP contribution in [0.1, 0.15) is 19.4 Å². The average Bonchev–Trinajstić information content (AvgIpc) is 2.58. The smallest absolute Gasteiger partial charge is 0.326 e. The summed E-state index contributed by atoms with van der Waals surface area (Å²) < 4.78 is 1.30. The molecule has 0 saturated heterocycles. The molecule has 1 unspecified atom stereocenters. The van der Waals surface area contributed by atoms with Crippen LogP contribution < -0.4 is 5.56 Å². The van der Waals surface area contributed by atoms with Crippen LogP contribution in [0.5, 0.6) is 0 Å². The van der Waals surface area contributed by atoms with Crippen molar-refractivity contribution in [2.75, 3.05) is 0 Å². The molecule has 0 radical (unpaired) electrons. The Morgan fingerprint density at radius 2 is 1.83 bits per heavy atom. The van der Waals surface area contributed by atoms with Crippen LogP contribution >= 0.6 is 0 Å². The van der Waals surface area contributed by atoms with E-state index in [9.17, 15) is 14.7 Å². The zero-order valence-electron chi connectivity index (χ0n) is 12.8. The molecule has 3 rings (SSSR count). The number of nitrogens with zero attached hydrogens (tertiary/aromatic N) is 1. The Balaban J connectivity index is 2.20. The van der Waals surface area contributed by atoms with Crippen LogP contribution in [0.15, 0.2) is 65.6 Å². The van der Waals surface area contributed by atoms with Crippen LogP contribution in [0.4, 0.5) is 0 Å². The first kappa shape index (κ1) is 15.0. The van der Waals surface area contributed by atoms with Gasteiger partial charge in [-0.25, -0.2) is 4.79 Å². The summed E-state index contributed by atoms with van der Waals surface area (Å²) in [4.78, 5) is 24.1. The van der Waals surface area contributed by atoms with E-state index in [0.717, 1.165) is 16.5 Å². The molecule has 1 atom stereocenters. The minimum absolute atomic E-state index is 0.269. The molecule has 0 spiro atoms. The normalized spacial score (nSPS) is 12.2. The molecule has 3 aromatic rings. The van der Waals surface area contributed by atoms with E-state index in [1.807, 2.05) is 48.5 Å². The highest BCUT2D eigenvalue weighted by atomic mass is 16.4. The lowest BCUT2D eigenvalue weighted by molar-refractivity contribution is -0.141. The van der Waals surface area contributed by atoms with Crippen LogP contribution in [-0.2, 0) is 4.79 Å². The second-order valence-corrected chi connectivity index (χ2v) is 5.46. The van der Waals surface area contributed by atoms with Gasteiger partial charge in [0.15, 0.2) is 0 Å². The van der Waals surface area contributed by atoms with E-state index < -0.39 is 12.0 Å². The van der Waals surface area contributed by atoms with Gasteiger partial charge < -0.3 is 9.67 Å². The Labute approximate surface area is 133 Å². The number of hydrogen-bond acceptors (Lipinski definition) is 2. The summed E-state index contributed by atoms with van der Waals surface area (Å²) in [6.45, 7) is 1.76. The van der Waals surface area contributed by atoms with E-state index in [2.05, 4.69) is 0 Å². The Morgan fingerprint density at radius 1 is 1.09 bits per heavy atom. The molecule has 4 nitrogen and oxygen atoms in total. The van der Waals surface area contributed by atoms with Crippen LogP contribution in [-0.4, -0.2) is 15.6 Å². The molecule has 2 aromatic carbocycles. The van der Waals surface area contributed by atoms with E-state index in [4.69, 9.17) is 0 Å². The van der Waals surface area contributed by atoms with Gasteiger partial charge in [-0.1, -0.05) is 49.4 Å². The van der Waals surface area contributed by atoms with Crippen LogP contribution in [0.2, 0.25) is 0 Å². The van der Waals surface area contributed by atoms with Crippen molar-refractivity contribution in [1.82, 2.24) is 4.57 Å². The molecule has 1 N–H and O–H groups in total. The fourth-order valence-corrected chi connectivity index (χ4v) is 2.80. The van der Waals surface area contributed by atoms with Crippen LogP contribution in [0.3, 0.4) is 0 Å². The first-order chi connectivity index (χ1) is 11.1. The first-order valence-corrected chi connectivity index (χ1v) is 7.55. The molecule has 0 amide bonds. The highest BCUT2D eigenvalue weighted by molar-refractivity contribution is 5.87. The number of benzene rings is 2. The van der Waals surface area contributed by atoms with Crippen molar-refractivity contribution in [3.8, 4) is 11.1 Å². The van der Waals surface area contributed by atoms with Gasteiger partial charge in [0.1, 0.15) is 6.04 Å². The Hall–Kier alpha value is -2.88. The summed E-state index contributed by atoms with van der Waals surface area (Å²) >= 11 is 0. The molecule has 0 saturated carbocycles. The van der Waals surface area contributed by atoms with Gasteiger partial charge in [-0.05, 0) is 35.1 Å². The maximum Gasteiger partial charge on any atom is 0.326 e. The Kier molecular flexibility index (Phi) is 3.98. The van der Waals surface area contributed by atoms with Crippen molar-refractivity contribution < 1.29 is 9.90 Å². The standard InChI is InChI=1S/C19H17NO3/c1-2-17(19(22)23)20-11-10-14-8-9-15(12-16(14)18(20)21)13-6-4-3-5-7-13/h3-12,17H,2H2,1H3,(H,22,23). The largest absolute Gasteiger partial charge is 0.480 e. The Morgan fingerprint density at radius 3 is 2.48 bits per heavy atom. The summed E-state index contributed by atoms with van der Waals surface area (Å²) in [5.74, 6) is -0.992. The molecule has 23 heavy (non-hydrogen) atoms. The first-order valence-electron chi connectivity index (χ1n) is 7.55. The van der Waals surface area contributed by atoms with Crippen molar-refractivity contribution in [2.45, 2.75) is 19.4 Å². The maximum absolute atomic E-state index is 12.7. The SMILES string of the molecule is CCC(C(=O)O)n1ccc2ccc(-c3ccccc3)cc2c1=O. The maximum atomic E-state index is 12.7. The molecule has 0 aliphatic rings. The third-order valence-corrected chi connectivity index (χ3v) is 4.05. The van der Waals surface area contributed by atoms with E-state index in [1.54, 1.807) is 19.2 Å². The third-order valence-electron chi connectivity index (χ3n) is 4.05. The predicted molar refractivity (Wildman–Crippen MR) is 90.6 cm³/mol. The second-order valence-electron chi connectivity index (χ2n) is 5.46. The molecule has 4 heteroatoms. The number of aliphatic carboxylic acids is 1. The molecular weight excluding hydrogens is 290 g/mol. The van der Waals surface area contributed by atoms with Crippen LogP contribution in [0, 0.1) is 0 Å². The molecular formula is C19H17NO3. The van der Waals surface area contributed by atoms with Gasteiger partial charge in [0, 0.05) is 11.6 Å². The number of fused-ring (bicyclic) bond motifs is 1. The molecule has 116 valence electrons. The number of pyridine rings is 1. The molecule has 0 aliphatic carbocycles. The average molecular weight is 307 g/mol. The number of carboxylic acid groups (broad SMARTS) is 1. The van der Waals surface area contributed by atoms with E-state index >= 15 is 0 Å². The van der Waals surface area contributed by atoms with Gasteiger partial charge in [-0.15, -0.1) is 0 Å². The van der Waals surface area contributed by atoms with Gasteiger partial charge >= 0.3 is 5.97 Å². The summed E-state index contributed by atoms with van der Waals surface area (Å²) in [6.07, 6.45) is 1.92. The predicted octanol–water partition coefficient (Wildman–Crippen LogP) is 3.70. The molecule has 0 aliphatic heterocycles. The molecule has 0 bridgehead atoms. The van der Waals surface area contributed by atoms with Gasteiger partial charge in [-0.3, -0.25) is 4.79 Å². The summed E-state index contributed by atoms with van der Waals surface area (Å²) in [5, 5.41) is 10.6. The van der Waals surface area contributed by atoms with Crippen LogP contribution in [0.25, 0.3) is 21.9 Å². The summed E-state index contributed by atoms with van der Waals surface area (Å²) in [7, 11) is 0. The van der Waals surface area contributed by atoms with Crippen molar-refractivity contribution >= 4 is 16.7 Å². The van der Waals surface area contributed by atoms with Crippen molar-refractivity contribution in [3.05, 3.63) is 71.1 Å². The lowest BCUT2D eigenvalue weighted by atomic mass is 10.0. The van der Waals surface area contributed by atoms with Gasteiger partial charge in [0.05, 0.1) is 0 Å². The van der Waals surface area contributed by atoms with Crippen molar-refractivity contribution in [1.29, 1.82) is 0 Å². The molecule has 1 heterocycles. The third kappa shape index (κ3) is 2.75. The van der Waals surface area contributed by atoms with E-state index in [-0.39, 0.29) is 5.56 Å². The van der Waals surface area contributed by atoms with Crippen molar-refractivity contribution in [2.24, 2.45) is 0 Å². The highest BCUT2D eigenvalue weighted by Gasteiger charge is 2.19. The second kappa shape index (κ2) is 6.08. The number of carbonyl (C=O) groups is 1. The van der Waals surface area contributed by atoms with Gasteiger partial charge in [0.2, 0.25) is 0 Å². The zero-order valence-corrected chi connectivity index (χ0v) is 12.8. The lowest BCUT2D eigenvalue weighted by Gasteiger charge is -2.14. The lowest BCUT2D eigenvalue weighted by Crippen LogP contribution is -2.29. The highest BCUT2D eigenvalue weighted by Crippen LogP contribution is 2.23. The number of aromatic nitrogens is 1. The number of rotatable bonds is 4. The quantitative estimate of drug-likeness (QED) is 0.799. The number of carboxylic acids is 1. The number of hydrogen-bond donors (Lipinski definition) is 1. The van der Waals surface area contributed by atoms with Crippen molar-refractivity contribution in [3.63, 3.8) is 0 Å². The van der Waals surface area contributed by atoms with E-state index in [1.165, 1.54) is 4.57 Å². The van der Waals surface area contributed by atoms with E-state index in [0.29, 0.717) is 11.8 Å². The fourth-order valence-electron chi connectivity index (χ4n) is 2.80. The summed E-state index contributed by atoms with van der Waals surface area (Å²) in [5.41, 5.74) is 1.69. The molecule has 0 fully saturated rings. The fraction of sp³-hybridized carbons (Fsp3) is 0.158. The topological polar surface area (TPSA) is 59.3 Å². The molecule has 1 aromatic heterocycles. The minimum atomic E-state index is -0.992. The Bertz CT molecular complexity index is 913. The van der Waals surface area contributed by atoms with Gasteiger partial charge in [-0.2, -0.15) is 0 Å². The monoisotopic (exact) mass is 307 g/mol. The summed E-state index contributed by atoms with van der Waals surface area (Å²) in [6, 6.07) is 16.4. The van der Waals surface area contributed by atoms with Gasteiger partial charge in [0.25, 0.3) is 5.56 Å². The zero-order chi connectivity index (χ0) is 16.4.